The average Bonchev–Trinajstić information content (AvgIpc) is 2.62. The van der Waals surface area contributed by atoms with Gasteiger partial charge in [-0.2, -0.15) is 0 Å². The molecule has 0 saturated heterocycles. The third kappa shape index (κ3) is 7.85. The Bertz CT molecular complexity index is 438. The summed E-state index contributed by atoms with van der Waals surface area (Å²) >= 11 is 0. The van der Waals surface area contributed by atoms with Crippen molar-refractivity contribution in [2.75, 3.05) is 24.6 Å². The van der Waals surface area contributed by atoms with Crippen LogP contribution < -0.4 is 4.90 Å². The number of esters is 1. The maximum atomic E-state index is 12.0. The molecule has 0 aliphatic heterocycles. The fourth-order valence-electron chi connectivity index (χ4n) is 2.88. The fourth-order valence-corrected chi connectivity index (χ4v) is 2.88. The summed E-state index contributed by atoms with van der Waals surface area (Å²) in [6.45, 7) is 8.99. The number of anilines is 1. The molecule has 0 aliphatic rings. The van der Waals surface area contributed by atoms with E-state index in [1.54, 1.807) is 0 Å². The summed E-state index contributed by atoms with van der Waals surface area (Å²) in [6, 6.07) is 7.73. The van der Waals surface area contributed by atoms with Gasteiger partial charge in [-0.15, -0.1) is 0 Å². The van der Waals surface area contributed by atoms with Crippen LogP contribution in [0.2, 0.25) is 0 Å². The third-order valence-electron chi connectivity index (χ3n) is 4.46. The van der Waals surface area contributed by atoms with E-state index in [1.165, 1.54) is 38.5 Å². The van der Waals surface area contributed by atoms with Gasteiger partial charge in [0.25, 0.3) is 0 Å². The summed E-state index contributed by atoms with van der Waals surface area (Å²) in [5, 5.41) is 0. The molecule has 0 saturated carbocycles. The monoisotopic (exact) mass is 333 g/mol. The second kappa shape index (κ2) is 12.9. The van der Waals surface area contributed by atoms with Gasteiger partial charge in [0.1, 0.15) is 0 Å². The van der Waals surface area contributed by atoms with E-state index in [0.717, 1.165) is 31.6 Å². The van der Waals surface area contributed by atoms with Gasteiger partial charge in [-0.05, 0) is 44.5 Å². The van der Waals surface area contributed by atoms with Crippen LogP contribution in [0, 0.1) is 0 Å². The maximum absolute atomic E-state index is 12.0. The Morgan fingerprint density at radius 2 is 1.38 bits per heavy atom. The average molecular weight is 334 g/mol. The van der Waals surface area contributed by atoms with E-state index in [1.807, 2.05) is 24.3 Å². The Labute approximate surface area is 148 Å². The number of rotatable bonds is 13. The Hall–Kier alpha value is -1.51. The Kier molecular flexibility index (Phi) is 11.0. The molecule has 1 aromatic rings. The van der Waals surface area contributed by atoms with E-state index < -0.39 is 0 Å². The molecular weight excluding hydrogens is 298 g/mol. The molecule has 0 amide bonds. The molecule has 1 rings (SSSR count). The smallest absolute Gasteiger partial charge is 0.338 e. The first kappa shape index (κ1) is 20.5. The summed E-state index contributed by atoms with van der Waals surface area (Å²) in [6.07, 6.45) is 10.0. The predicted octanol–water partition coefficient (Wildman–Crippen LogP) is 5.83. The first-order valence-electron chi connectivity index (χ1n) is 9.75. The maximum Gasteiger partial charge on any atom is 0.338 e. The first-order valence-corrected chi connectivity index (χ1v) is 9.75. The molecular formula is C21H35NO2. The van der Waals surface area contributed by atoms with E-state index in [4.69, 9.17) is 4.74 Å². The lowest BCUT2D eigenvalue weighted by molar-refractivity contribution is 0.0497. The van der Waals surface area contributed by atoms with Crippen LogP contribution in [0.1, 0.15) is 82.5 Å². The van der Waals surface area contributed by atoms with Crippen molar-refractivity contribution in [3.05, 3.63) is 29.8 Å². The Morgan fingerprint density at radius 1 is 0.833 bits per heavy atom. The van der Waals surface area contributed by atoms with Crippen molar-refractivity contribution in [2.45, 2.75) is 72.1 Å². The number of benzene rings is 1. The number of unbranched alkanes of at least 4 members (excludes halogenated alkanes) is 7. The number of hydrogen-bond acceptors (Lipinski definition) is 3. The molecule has 3 heteroatoms. The highest BCUT2D eigenvalue weighted by atomic mass is 16.5. The van der Waals surface area contributed by atoms with E-state index >= 15 is 0 Å². The highest BCUT2D eigenvalue weighted by Gasteiger charge is 2.08. The van der Waals surface area contributed by atoms with Crippen LogP contribution >= 0.6 is 0 Å². The topological polar surface area (TPSA) is 29.5 Å². The summed E-state index contributed by atoms with van der Waals surface area (Å²) in [5.41, 5.74) is 1.80. The predicted molar refractivity (Wildman–Crippen MR) is 103 cm³/mol. The molecule has 136 valence electrons. The summed E-state index contributed by atoms with van der Waals surface area (Å²) in [7, 11) is 0. The fraction of sp³-hybridized carbons (Fsp3) is 0.667. The van der Waals surface area contributed by atoms with Crippen molar-refractivity contribution in [1.29, 1.82) is 0 Å². The van der Waals surface area contributed by atoms with Crippen molar-refractivity contribution in [3.8, 4) is 0 Å². The van der Waals surface area contributed by atoms with Crippen molar-refractivity contribution in [1.82, 2.24) is 0 Å². The van der Waals surface area contributed by atoms with Crippen molar-refractivity contribution >= 4 is 11.7 Å². The molecule has 24 heavy (non-hydrogen) atoms. The van der Waals surface area contributed by atoms with E-state index in [2.05, 4.69) is 25.7 Å². The highest BCUT2D eigenvalue weighted by molar-refractivity contribution is 5.89. The van der Waals surface area contributed by atoms with Gasteiger partial charge < -0.3 is 9.64 Å². The van der Waals surface area contributed by atoms with E-state index in [0.29, 0.717) is 12.2 Å². The van der Waals surface area contributed by atoms with Crippen LogP contribution in [0.3, 0.4) is 0 Å². The lowest BCUT2D eigenvalue weighted by atomic mass is 10.1. The van der Waals surface area contributed by atoms with Gasteiger partial charge in [-0.25, -0.2) is 4.79 Å². The molecule has 0 bridgehead atoms. The number of carbonyl (C=O) groups excluding carboxylic acids is 1. The molecule has 0 heterocycles. The zero-order valence-electron chi connectivity index (χ0n) is 15.9. The minimum absolute atomic E-state index is 0.205. The van der Waals surface area contributed by atoms with E-state index in [-0.39, 0.29) is 5.97 Å². The van der Waals surface area contributed by atoms with Gasteiger partial charge in [-0.3, -0.25) is 0 Å². The van der Waals surface area contributed by atoms with Crippen LogP contribution in [0.5, 0.6) is 0 Å². The van der Waals surface area contributed by atoms with Crippen LogP contribution in [0.25, 0.3) is 0 Å². The van der Waals surface area contributed by atoms with Crippen LogP contribution in [0.4, 0.5) is 5.69 Å². The number of hydrogen-bond donors (Lipinski definition) is 0. The summed E-state index contributed by atoms with van der Waals surface area (Å²) < 4.78 is 5.37. The lowest BCUT2D eigenvalue weighted by Crippen LogP contribution is -2.21. The van der Waals surface area contributed by atoms with Gasteiger partial charge in [-0.1, -0.05) is 51.9 Å². The SMILES string of the molecule is CCCCCCCCCCOC(=O)c1ccc(N(CC)CC)cc1. The zero-order chi connectivity index (χ0) is 17.6. The van der Waals surface area contributed by atoms with Gasteiger partial charge >= 0.3 is 5.97 Å². The molecule has 0 N–H and O–H groups in total. The summed E-state index contributed by atoms with van der Waals surface area (Å²) in [4.78, 5) is 14.3. The minimum atomic E-state index is -0.205. The normalized spacial score (nSPS) is 10.6. The molecule has 3 nitrogen and oxygen atoms in total. The van der Waals surface area contributed by atoms with Crippen molar-refractivity contribution in [2.24, 2.45) is 0 Å². The largest absolute Gasteiger partial charge is 0.462 e. The molecule has 0 atom stereocenters. The van der Waals surface area contributed by atoms with Crippen molar-refractivity contribution in [3.63, 3.8) is 0 Å². The quantitative estimate of drug-likeness (QED) is 0.336. The minimum Gasteiger partial charge on any atom is -0.462 e. The van der Waals surface area contributed by atoms with Gasteiger partial charge in [0, 0.05) is 18.8 Å². The van der Waals surface area contributed by atoms with Gasteiger partial charge in [0.2, 0.25) is 0 Å². The Balaban J connectivity index is 2.19. The molecule has 1 aromatic carbocycles. The van der Waals surface area contributed by atoms with Crippen LogP contribution in [0.15, 0.2) is 24.3 Å². The molecule has 0 fully saturated rings. The Morgan fingerprint density at radius 3 is 1.92 bits per heavy atom. The first-order chi connectivity index (χ1) is 11.7. The molecule has 0 radical (unpaired) electrons. The molecule has 0 aliphatic carbocycles. The number of nitrogens with zero attached hydrogens (tertiary/aromatic N) is 1. The second-order valence-electron chi connectivity index (χ2n) is 6.33. The third-order valence-corrected chi connectivity index (χ3v) is 4.46. The lowest BCUT2D eigenvalue weighted by Gasteiger charge is -2.20. The molecule has 0 spiro atoms. The molecule has 0 unspecified atom stereocenters. The number of ether oxygens (including phenoxy) is 1. The van der Waals surface area contributed by atoms with Gasteiger partial charge in [0.15, 0.2) is 0 Å². The second-order valence-corrected chi connectivity index (χ2v) is 6.33. The zero-order valence-corrected chi connectivity index (χ0v) is 15.9. The standard InChI is InChI=1S/C21H35NO2/c1-4-7-8-9-10-11-12-13-18-24-21(23)19-14-16-20(17-15-19)22(5-2)6-3/h14-17H,4-13,18H2,1-3H3. The summed E-state index contributed by atoms with van der Waals surface area (Å²) in [5.74, 6) is -0.205. The number of carbonyl (C=O) groups is 1. The van der Waals surface area contributed by atoms with E-state index in [9.17, 15) is 4.79 Å². The van der Waals surface area contributed by atoms with Crippen LogP contribution in [-0.2, 0) is 4.74 Å². The van der Waals surface area contributed by atoms with Gasteiger partial charge in [0.05, 0.1) is 12.2 Å². The van der Waals surface area contributed by atoms with Crippen molar-refractivity contribution < 1.29 is 9.53 Å². The van der Waals surface area contributed by atoms with Crippen LogP contribution in [-0.4, -0.2) is 25.7 Å². The molecule has 0 aromatic heterocycles. The highest BCUT2D eigenvalue weighted by Crippen LogP contribution is 2.15.